The van der Waals surface area contributed by atoms with E-state index < -0.39 is 30.0 Å². The first-order chi connectivity index (χ1) is 13.2. The summed E-state index contributed by atoms with van der Waals surface area (Å²) in [6.45, 7) is 5.30. The van der Waals surface area contributed by atoms with Crippen molar-refractivity contribution in [1.82, 2.24) is 10.6 Å². The van der Waals surface area contributed by atoms with Gasteiger partial charge in [-0.15, -0.1) is 0 Å². The zero-order valence-corrected chi connectivity index (χ0v) is 16.6. The maximum atomic E-state index is 12.5. The highest BCUT2D eigenvalue weighted by Gasteiger charge is 2.28. The Labute approximate surface area is 165 Å². The molecule has 8 heteroatoms. The van der Waals surface area contributed by atoms with Crippen LogP contribution in [0.15, 0.2) is 30.3 Å². The van der Waals surface area contributed by atoms with Gasteiger partial charge < -0.3 is 21.1 Å². The molecule has 0 fully saturated rings. The number of rotatable bonds is 11. The lowest BCUT2D eigenvalue weighted by Crippen LogP contribution is -2.54. The lowest BCUT2D eigenvalue weighted by Gasteiger charge is -2.24. The van der Waals surface area contributed by atoms with Crippen LogP contribution in [0.3, 0.4) is 0 Å². The molecule has 0 aromatic heterocycles. The lowest BCUT2D eigenvalue weighted by molar-refractivity contribution is -0.129. The van der Waals surface area contributed by atoms with Crippen molar-refractivity contribution in [2.75, 3.05) is 0 Å². The van der Waals surface area contributed by atoms with Crippen molar-refractivity contribution in [2.45, 2.75) is 58.7 Å². The fraction of sp³-hybridized carbons (Fsp3) is 0.500. The van der Waals surface area contributed by atoms with Crippen LogP contribution in [0.5, 0.6) is 0 Å². The number of amides is 3. The second kappa shape index (κ2) is 11.7. The molecule has 0 saturated heterocycles. The van der Waals surface area contributed by atoms with Crippen molar-refractivity contribution in [3.63, 3.8) is 0 Å². The van der Waals surface area contributed by atoms with Crippen LogP contribution in [-0.2, 0) is 25.7 Å². The molecule has 1 aromatic rings. The Hall–Kier alpha value is -2.90. The van der Waals surface area contributed by atoms with Gasteiger partial charge in [0.1, 0.15) is 24.5 Å². The molecule has 2 atom stereocenters. The molecular weight excluding hydrogens is 362 g/mol. The molecule has 1 rings (SSSR count). The van der Waals surface area contributed by atoms with Crippen LogP contribution in [0.2, 0.25) is 0 Å². The van der Waals surface area contributed by atoms with Gasteiger partial charge in [0, 0.05) is 12.8 Å². The first kappa shape index (κ1) is 23.1. The van der Waals surface area contributed by atoms with Gasteiger partial charge in [-0.3, -0.25) is 14.4 Å². The van der Waals surface area contributed by atoms with Gasteiger partial charge in [0.15, 0.2) is 0 Å². The Morgan fingerprint density at radius 3 is 2.25 bits per heavy atom. The summed E-state index contributed by atoms with van der Waals surface area (Å²) in [5, 5.41) is 5.04. The summed E-state index contributed by atoms with van der Waals surface area (Å²) in [7, 11) is 0. The summed E-state index contributed by atoms with van der Waals surface area (Å²) >= 11 is 0. The topological polar surface area (TPSA) is 128 Å². The lowest BCUT2D eigenvalue weighted by atomic mass is 10.0. The number of ether oxygens (including phenoxy) is 1. The molecule has 3 amide bonds. The van der Waals surface area contributed by atoms with Crippen molar-refractivity contribution in [1.29, 1.82) is 0 Å². The van der Waals surface area contributed by atoms with Gasteiger partial charge in [0.25, 0.3) is 0 Å². The minimum Gasteiger partial charge on any atom is -0.445 e. The molecule has 0 unspecified atom stereocenters. The summed E-state index contributed by atoms with van der Waals surface area (Å²) in [5.74, 6) is -1.57. The maximum Gasteiger partial charge on any atom is 0.408 e. The second-order valence-electron chi connectivity index (χ2n) is 6.82. The summed E-state index contributed by atoms with van der Waals surface area (Å²) < 4.78 is 5.14. The smallest absolute Gasteiger partial charge is 0.408 e. The van der Waals surface area contributed by atoms with Crippen molar-refractivity contribution >= 4 is 23.7 Å². The minimum absolute atomic E-state index is 0.0245. The number of hydrogen-bond acceptors (Lipinski definition) is 5. The van der Waals surface area contributed by atoms with Crippen molar-refractivity contribution in [3.8, 4) is 0 Å². The Balaban J connectivity index is 2.64. The van der Waals surface area contributed by atoms with Crippen LogP contribution in [0.4, 0.5) is 4.79 Å². The number of benzene rings is 1. The first-order valence-electron chi connectivity index (χ1n) is 9.33. The molecule has 0 aliphatic rings. The predicted molar refractivity (Wildman–Crippen MR) is 104 cm³/mol. The average Bonchev–Trinajstić information content (AvgIpc) is 2.67. The third kappa shape index (κ3) is 8.20. The first-order valence-corrected chi connectivity index (χ1v) is 9.33. The predicted octanol–water partition coefficient (Wildman–Crippen LogP) is 1.67. The van der Waals surface area contributed by atoms with E-state index in [0.717, 1.165) is 5.56 Å². The molecule has 0 radical (unpaired) electrons. The number of carbonyl (C=O) groups is 4. The average molecular weight is 391 g/mol. The van der Waals surface area contributed by atoms with E-state index in [1.165, 1.54) is 0 Å². The maximum absolute atomic E-state index is 12.5. The summed E-state index contributed by atoms with van der Waals surface area (Å²) in [5.41, 5.74) is 6.14. The molecule has 0 aliphatic carbocycles. The van der Waals surface area contributed by atoms with Gasteiger partial charge in [-0.1, -0.05) is 51.1 Å². The van der Waals surface area contributed by atoms with E-state index in [4.69, 9.17) is 10.5 Å². The van der Waals surface area contributed by atoms with Crippen LogP contribution in [-0.4, -0.2) is 35.8 Å². The quantitative estimate of drug-likeness (QED) is 0.529. The van der Waals surface area contributed by atoms with E-state index >= 15 is 0 Å². The largest absolute Gasteiger partial charge is 0.445 e. The molecule has 1 aromatic carbocycles. The molecule has 0 saturated carbocycles. The molecule has 0 bridgehead atoms. The second-order valence-corrected chi connectivity index (χ2v) is 6.82. The van der Waals surface area contributed by atoms with Gasteiger partial charge in [-0.2, -0.15) is 0 Å². The van der Waals surface area contributed by atoms with E-state index in [1.54, 1.807) is 20.8 Å². The highest BCUT2D eigenvalue weighted by atomic mass is 16.5. The molecule has 0 aliphatic heterocycles. The van der Waals surface area contributed by atoms with Gasteiger partial charge >= 0.3 is 6.09 Å². The molecule has 28 heavy (non-hydrogen) atoms. The van der Waals surface area contributed by atoms with Crippen LogP contribution in [0.1, 0.15) is 45.6 Å². The number of ketones is 1. The highest BCUT2D eigenvalue weighted by Crippen LogP contribution is 2.07. The normalized spacial score (nSPS) is 12.7. The number of nitrogens with two attached hydrogens (primary N) is 1. The van der Waals surface area contributed by atoms with Crippen molar-refractivity contribution in [3.05, 3.63) is 35.9 Å². The van der Waals surface area contributed by atoms with Crippen molar-refractivity contribution in [2.24, 2.45) is 11.7 Å². The SMILES string of the molecule is CCC(=O)CC[C@@H](NC(=O)[C@@H](NC(=O)OCc1ccccc1)C(C)C)C(N)=O. The number of Topliss-reactive ketones (excluding diaryl/α,β-unsaturated/α-hetero) is 1. The number of primary amides is 1. The van der Waals surface area contributed by atoms with Gasteiger partial charge in [-0.25, -0.2) is 4.79 Å². The van der Waals surface area contributed by atoms with Crippen LogP contribution < -0.4 is 16.4 Å². The van der Waals surface area contributed by atoms with E-state index in [1.807, 2.05) is 30.3 Å². The van der Waals surface area contributed by atoms with Gasteiger partial charge in [-0.05, 0) is 17.9 Å². The third-order valence-corrected chi connectivity index (χ3v) is 4.20. The number of hydrogen-bond donors (Lipinski definition) is 3. The number of nitrogens with one attached hydrogen (secondary N) is 2. The molecule has 154 valence electrons. The Bertz CT molecular complexity index is 676. The monoisotopic (exact) mass is 391 g/mol. The van der Waals surface area contributed by atoms with E-state index in [2.05, 4.69) is 10.6 Å². The molecule has 0 heterocycles. The molecule has 8 nitrogen and oxygen atoms in total. The number of alkyl carbamates (subject to hydrolysis) is 1. The number of carbonyl (C=O) groups excluding carboxylic acids is 4. The van der Waals surface area contributed by atoms with E-state index in [9.17, 15) is 19.2 Å². The third-order valence-electron chi connectivity index (χ3n) is 4.20. The Morgan fingerprint density at radius 2 is 1.71 bits per heavy atom. The van der Waals surface area contributed by atoms with Crippen LogP contribution in [0.25, 0.3) is 0 Å². The fourth-order valence-corrected chi connectivity index (χ4v) is 2.46. The molecule has 4 N–H and O–H groups in total. The summed E-state index contributed by atoms with van der Waals surface area (Å²) in [4.78, 5) is 47.7. The molecular formula is C20H29N3O5. The summed E-state index contributed by atoms with van der Waals surface area (Å²) in [6.07, 6.45) is -0.127. The Kier molecular flexibility index (Phi) is 9.70. The minimum atomic E-state index is -0.980. The van der Waals surface area contributed by atoms with Gasteiger partial charge in [0.05, 0.1) is 0 Å². The Morgan fingerprint density at radius 1 is 1.07 bits per heavy atom. The highest BCUT2D eigenvalue weighted by molar-refractivity contribution is 5.91. The van der Waals surface area contributed by atoms with Crippen LogP contribution >= 0.6 is 0 Å². The zero-order valence-electron chi connectivity index (χ0n) is 16.6. The zero-order chi connectivity index (χ0) is 21.1. The summed E-state index contributed by atoms with van der Waals surface area (Å²) in [6, 6.07) is 7.25. The molecule has 0 spiro atoms. The van der Waals surface area contributed by atoms with Gasteiger partial charge in [0.2, 0.25) is 11.8 Å². The van der Waals surface area contributed by atoms with Crippen LogP contribution in [0, 0.1) is 5.92 Å². The standard InChI is InChI=1S/C20H29N3O5/c1-4-15(24)10-11-16(18(21)25)22-19(26)17(13(2)3)23-20(27)28-12-14-8-6-5-7-9-14/h5-9,13,16-17H,4,10-12H2,1-3H3,(H2,21,25)(H,22,26)(H,23,27)/t16-,17+/m1/s1. The van der Waals surface area contributed by atoms with Crippen molar-refractivity contribution < 1.29 is 23.9 Å². The fourth-order valence-electron chi connectivity index (χ4n) is 2.46. The van der Waals surface area contributed by atoms with E-state index in [-0.39, 0.29) is 31.1 Å². The van der Waals surface area contributed by atoms with E-state index in [0.29, 0.717) is 6.42 Å².